The Morgan fingerprint density at radius 3 is 2.08 bits per heavy atom. The molecule has 9 nitrogen and oxygen atoms in total. The molecular weight excluding hydrogens is 346 g/mol. The summed E-state index contributed by atoms with van der Waals surface area (Å²) in [5.74, 6) is 0.539. The van der Waals surface area contributed by atoms with Gasteiger partial charge in [-0.3, -0.25) is 4.99 Å². The third kappa shape index (κ3) is 14.5. The second-order valence-corrected chi connectivity index (χ2v) is 9.06. The van der Waals surface area contributed by atoms with Crippen LogP contribution in [0, 0.1) is 0 Å². The Hall–Kier alpha value is -1.55. The van der Waals surface area contributed by atoms with Crippen LogP contribution in [0.5, 0.6) is 0 Å². The molecule has 0 unspecified atom stereocenters. The second-order valence-electron chi connectivity index (χ2n) is 7.31. The zero-order chi connectivity index (χ0) is 19.7. The summed E-state index contributed by atoms with van der Waals surface area (Å²) in [5.41, 5.74) is -1.24. The topological polar surface area (TPSA) is 121 Å². The van der Waals surface area contributed by atoms with E-state index in [1.807, 2.05) is 6.92 Å². The van der Waals surface area contributed by atoms with Crippen molar-refractivity contribution in [3.63, 3.8) is 0 Å². The van der Waals surface area contributed by atoms with Crippen LogP contribution in [0.25, 0.3) is 0 Å². The average Bonchev–Trinajstić information content (AvgIpc) is 2.36. The van der Waals surface area contributed by atoms with Crippen LogP contribution in [0.2, 0.25) is 0 Å². The van der Waals surface area contributed by atoms with E-state index < -0.39 is 27.3 Å². The van der Waals surface area contributed by atoms with Gasteiger partial charge in [0.05, 0.1) is 12.8 Å². The maximum absolute atomic E-state index is 11.5. The molecule has 0 aromatic carbocycles. The SMILES string of the molecule is CCNC(=NCC(C)(C)NS(C)(=O)=O)NCCNC(=O)OC(C)(C)C. The summed E-state index contributed by atoms with van der Waals surface area (Å²) >= 11 is 0. The van der Waals surface area contributed by atoms with Gasteiger partial charge in [0.1, 0.15) is 5.60 Å². The number of nitrogens with one attached hydrogen (secondary N) is 4. The van der Waals surface area contributed by atoms with Gasteiger partial charge < -0.3 is 20.7 Å². The zero-order valence-corrected chi connectivity index (χ0v) is 17.1. The smallest absolute Gasteiger partial charge is 0.407 e. The van der Waals surface area contributed by atoms with Gasteiger partial charge >= 0.3 is 6.09 Å². The number of guanidine groups is 1. The summed E-state index contributed by atoms with van der Waals surface area (Å²) < 4.78 is 30.4. The van der Waals surface area contributed by atoms with E-state index in [0.29, 0.717) is 25.6 Å². The lowest BCUT2D eigenvalue weighted by atomic mass is 10.1. The molecule has 0 bridgehead atoms. The third-order valence-corrected chi connectivity index (χ3v) is 3.45. The molecule has 0 radical (unpaired) electrons. The molecule has 0 spiro atoms. The molecule has 0 aliphatic rings. The number of hydrogen-bond acceptors (Lipinski definition) is 5. The minimum atomic E-state index is -3.31. The molecule has 25 heavy (non-hydrogen) atoms. The van der Waals surface area contributed by atoms with E-state index in [-0.39, 0.29) is 6.54 Å². The molecule has 4 N–H and O–H groups in total. The van der Waals surface area contributed by atoms with Crippen molar-refractivity contribution in [2.75, 3.05) is 32.4 Å². The highest BCUT2D eigenvalue weighted by molar-refractivity contribution is 7.88. The van der Waals surface area contributed by atoms with E-state index >= 15 is 0 Å². The first-order valence-corrected chi connectivity index (χ1v) is 10.1. The molecule has 0 aromatic rings. The lowest BCUT2D eigenvalue weighted by Gasteiger charge is -2.23. The van der Waals surface area contributed by atoms with Crippen LogP contribution in [0.4, 0.5) is 4.79 Å². The van der Waals surface area contributed by atoms with Crippen LogP contribution in [0.1, 0.15) is 41.5 Å². The monoisotopic (exact) mass is 379 g/mol. The Balaban J connectivity index is 4.44. The van der Waals surface area contributed by atoms with Crippen molar-refractivity contribution in [1.82, 2.24) is 20.7 Å². The number of sulfonamides is 1. The minimum absolute atomic E-state index is 0.259. The molecule has 0 heterocycles. The largest absolute Gasteiger partial charge is 0.444 e. The molecule has 0 rings (SSSR count). The number of hydrogen-bond donors (Lipinski definition) is 4. The Labute approximate surface area is 151 Å². The van der Waals surface area contributed by atoms with Gasteiger partial charge in [-0.2, -0.15) is 0 Å². The number of carbonyl (C=O) groups is 1. The Morgan fingerprint density at radius 1 is 1.04 bits per heavy atom. The highest BCUT2D eigenvalue weighted by atomic mass is 32.2. The second kappa shape index (κ2) is 9.81. The molecule has 0 fully saturated rings. The van der Waals surface area contributed by atoms with E-state index in [9.17, 15) is 13.2 Å². The standard InChI is InChI=1S/C15H33N5O4S/c1-8-16-12(19-11-15(5,6)20-25(7,22)23)17-9-10-18-13(21)24-14(2,3)4/h20H,8-11H2,1-7H3,(H,18,21)(H2,16,17,19). The number of nitrogens with zero attached hydrogens (tertiary/aromatic N) is 1. The maximum atomic E-state index is 11.5. The lowest BCUT2D eigenvalue weighted by molar-refractivity contribution is 0.0529. The van der Waals surface area contributed by atoms with Crippen LogP contribution in [-0.4, -0.2) is 64.0 Å². The van der Waals surface area contributed by atoms with Crippen molar-refractivity contribution in [2.24, 2.45) is 4.99 Å². The first-order chi connectivity index (χ1) is 11.2. The molecule has 0 aliphatic heterocycles. The highest BCUT2D eigenvalue weighted by Crippen LogP contribution is 2.06. The van der Waals surface area contributed by atoms with Gasteiger partial charge in [-0.25, -0.2) is 17.9 Å². The molecule has 0 atom stereocenters. The zero-order valence-electron chi connectivity index (χ0n) is 16.3. The first-order valence-electron chi connectivity index (χ1n) is 8.22. The number of amides is 1. The van der Waals surface area contributed by atoms with Gasteiger partial charge in [-0.1, -0.05) is 0 Å². The van der Waals surface area contributed by atoms with E-state index in [2.05, 4.69) is 25.7 Å². The first kappa shape index (κ1) is 23.4. The third-order valence-electron chi connectivity index (χ3n) is 2.52. The van der Waals surface area contributed by atoms with E-state index in [0.717, 1.165) is 6.26 Å². The number of ether oxygens (including phenoxy) is 1. The van der Waals surface area contributed by atoms with Gasteiger partial charge in [-0.05, 0) is 41.5 Å². The molecule has 148 valence electrons. The summed E-state index contributed by atoms with van der Waals surface area (Å²) in [4.78, 5) is 15.9. The van der Waals surface area contributed by atoms with E-state index in [4.69, 9.17) is 4.74 Å². The van der Waals surface area contributed by atoms with Crippen molar-refractivity contribution in [1.29, 1.82) is 0 Å². The number of rotatable bonds is 8. The van der Waals surface area contributed by atoms with Crippen LogP contribution < -0.4 is 20.7 Å². The summed E-state index contributed by atoms with van der Waals surface area (Å²) in [7, 11) is -3.31. The van der Waals surface area contributed by atoms with Crippen molar-refractivity contribution < 1.29 is 17.9 Å². The summed E-state index contributed by atoms with van der Waals surface area (Å²) in [6.07, 6.45) is 0.638. The summed E-state index contributed by atoms with van der Waals surface area (Å²) in [5, 5.41) is 8.77. The van der Waals surface area contributed by atoms with Crippen molar-refractivity contribution in [2.45, 2.75) is 52.7 Å². The summed E-state index contributed by atoms with van der Waals surface area (Å²) in [6.45, 7) is 12.6. The van der Waals surface area contributed by atoms with Gasteiger partial charge in [-0.15, -0.1) is 0 Å². The molecule has 0 aliphatic carbocycles. The van der Waals surface area contributed by atoms with Gasteiger partial charge in [0.2, 0.25) is 10.0 Å². The molecular formula is C15H33N5O4S. The number of alkyl carbamates (subject to hydrolysis) is 1. The minimum Gasteiger partial charge on any atom is -0.444 e. The van der Waals surface area contributed by atoms with Gasteiger partial charge in [0, 0.05) is 25.2 Å². The van der Waals surface area contributed by atoms with E-state index in [1.165, 1.54) is 0 Å². The molecule has 10 heteroatoms. The number of aliphatic imine (C=N–C) groups is 1. The fraction of sp³-hybridized carbons (Fsp3) is 0.867. The van der Waals surface area contributed by atoms with E-state index in [1.54, 1.807) is 34.6 Å². The maximum Gasteiger partial charge on any atom is 0.407 e. The van der Waals surface area contributed by atoms with Gasteiger partial charge in [0.15, 0.2) is 5.96 Å². The Bertz CT molecular complexity index is 553. The van der Waals surface area contributed by atoms with Crippen molar-refractivity contribution in [3.8, 4) is 0 Å². The molecule has 0 aromatic heterocycles. The average molecular weight is 380 g/mol. The Kier molecular flexibility index (Phi) is 9.20. The summed E-state index contributed by atoms with van der Waals surface area (Å²) in [6, 6.07) is 0. The normalized spacial score (nSPS) is 13.3. The molecule has 0 saturated heterocycles. The Morgan fingerprint density at radius 2 is 1.60 bits per heavy atom. The van der Waals surface area contributed by atoms with Crippen molar-refractivity contribution in [3.05, 3.63) is 0 Å². The predicted octanol–water partition coefficient (Wildman–Crippen LogP) is 0.394. The van der Waals surface area contributed by atoms with Crippen LogP contribution in [0.3, 0.4) is 0 Å². The fourth-order valence-corrected chi connectivity index (χ4v) is 2.88. The predicted molar refractivity (Wildman–Crippen MR) is 100 cm³/mol. The number of carbonyl (C=O) groups excluding carboxylic acids is 1. The van der Waals surface area contributed by atoms with Crippen LogP contribution in [0.15, 0.2) is 4.99 Å². The van der Waals surface area contributed by atoms with Crippen LogP contribution in [-0.2, 0) is 14.8 Å². The quantitative estimate of drug-likeness (QED) is 0.275. The van der Waals surface area contributed by atoms with Crippen LogP contribution >= 0.6 is 0 Å². The lowest BCUT2D eigenvalue weighted by Crippen LogP contribution is -2.47. The fourth-order valence-electron chi connectivity index (χ4n) is 1.81. The molecule has 0 saturated carbocycles. The van der Waals surface area contributed by atoms with Gasteiger partial charge in [0.25, 0.3) is 0 Å². The highest BCUT2D eigenvalue weighted by Gasteiger charge is 2.22. The van der Waals surface area contributed by atoms with Crippen molar-refractivity contribution >= 4 is 22.1 Å². The molecule has 1 amide bonds.